The van der Waals surface area contributed by atoms with Crippen molar-refractivity contribution in [2.24, 2.45) is 5.10 Å². The highest BCUT2D eigenvalue weighted by Crippen LogP contribution is 2.16. The molecular formula is C17H17N5O2S. The highest BCUT2D eigenvalue weighted by Gasteiger charge is 2.13. The molecule has 8 heteroatoms. The van der Waals surface area contributed by atoms with E-state index in [0.717, 1.165) is 11.3 Å². The fraction of sp³-hybridized carbons (Fsp3) is 0.0588. The first-order chi connectivity index (χ1) is 11.9. The van der Waals surface area contributed by atoms with E-state index < -0.39 is 10.0 Å². The van der Waals surface area contributed by atoms with Gasteiger partial charge in [-0.2, -0.15) is 5.10 Å². The maximum Gasteiger partial charge on any atom is 0.261 e. The lowest BCUT2D eigenvalue weighted by atomic mass is 10.2. The third kappa shape index (κ3) is 4.04. The fourth-order valence-electron chi connectivity index (χ4n) is 2.22. The minimum absolute atomic E-state index is 0.204. The van der Waals surface area contributed by atoms with Gasteiger partial charge in [-0.05, 0) is 36.8 Å². The average Bonchev–Trinajstić information content (AvgIpc) is 2.91. The van der Waals surface area contributed by atoms with Crippen LogP contribution in [0.3, 0.4) is 0 Å². The molecule has 128 valence electrons. The molecular weight excluding hydrogens is 338 g/mol. The van der Waals surface area contributed by atoms with Crippen LogP contribution in [0.5, 0.6) is 0 Å². The van der Waals surface area contributed by atoms with E-state index in [1.54, 1.807) is 48.8 Å². The summed E-state index contributed by atoms with van der Waals surface area (Å²) in [6, 6.07) is 15.1. The first-order valence-corrected chi connectivity index (χ1v) is 8.96. The number of sulfonamides is 1. The number of anilines is 2. The van der Waals surface area contributed by atoms with Crippen molar-refractivity contribution in [3.8, 4) is 0 Å². The Morgan fingerprint density at radius 1 is 1.16 bits per heavy atom. The number of nitrogens with one attached hydrogen (secondary N) is 1. The molecule has 0 aliphatic heterocycles. The van der Waals surface area contributed by atoms with Crippen LogP contribution in [0, 0.1) is 6.92 Å². The van der Waals surface area contributed by atoms with Gasteiger partial charge in [0.2, 0.25) is 5.95 Å². The van der Waals surface area contributed by atoms with Crippen molar-refractivity contribution in [2.75, 3.05) is 10.5 Å². The fourth-order valence-corrected chi connectivity index (χ4v) is 3.29. The number of aromatic nitrogens is 2. The second-order valence-corrected chi connectivity index (χ2v) is 7.06. The van der Waals surface area contributed by atoms with E-state index in [0.29, 0.717) is 5.69 Å². The van der Waals surface area contributed by atoms with Crippen LogP contribution in [-0.4, -0.2) is 24.3 Å². The molecule has 0 radical (unpaired) electrons. The lowest BCUT2D eigenvalue weighted by Crippen LogP contribution is -2.12. The Morgan fingerprint density at radius 3 is 2.60 bits per heavy atom. The Bertz CT molecular complexity index is 1010. The van der Waals surface area contributed by atoms with Crippen molar-refractivity contribution < 1.29 is 8.42 Å². The van der Waals surface area contributed by atoms with Crippen LogP contribution >= 0.6 is 0 Å². The third-order valence-electron chi connectivity index (χ3n) is 3.36. The van der Waals surface area contributed by atoms with Gasteiger partial charge in [0.15, 0.2) is 0 Å². The molecule has 1 aromatic heterocycles. The molecule has 0 aliphatic rings. The molecule has 0 spiro atoms. The lowest BCUT2D eigenvalue weighted by Gasteiger charge is -2.08. The third-order valence-corrected chi connectivity index (χ3v) is 4.76. The number of imidazole rings is 1. The molecule has 3 N–H and O–H groups in total. The van der Waals surface area contributed by atoms with E-state index in [9.17, 15) is 8.42 Å². The van der Waals surface area contributed by atoms with Gasteiger partial charge in [0, 0.05) is 5.69 Å². The topological polar surface area (TPSA) is 102 Å². The number of hydrogen-bond acceptors (Lipinski definition) is 5. The van der Waals surface area contributed by atoms with Gasteiger partial charge in [0.1, 0.15) is 0 Å². The van der Waals surface area contributed by atoms with Crippen molar-refractivity contribution in [3.63, 3.8) is 0 Å². The quantitative estimate of drug-likeness (QED) is 0.686. The summed E-state index contributed by atoms with van der Waals surface area (Å²) in [5.74, 6) is 0.287. The molecule has 0 atom stereocenters. The van der Waals surface area contributed by atoms with Crippen molar-refractivity contribution in [2.45, 2.75) is 11.8 Å². The van der Waals surface area contributed by atoms with Gasteiger partial charge in [0.25, 0.3) is 10.0 Å². The second kappa shape index (κ2) is 6.78. The monoisotopic (exact) mass is 355 g/mol. The van der Waals surface area contributed by atoms with Crippen LogP contribution in [0.25, 0.3) is 0 Å². The molecule has 0 fully saturated rings. The molecule has 0 unspecified atom stereocenters. The first-order valence-electron chi connectivity index (χ1n) is 7.48. The van der Waals surface area contributed by atoms with Gasteiger partial charge in [-0.3, -0.25) is 4.72 Å². The molecule has 25 heavy (non-hydrogen) atoms. The summed E-state index contributed by atoms with van der Waals surface area (Å²) in [6.45, 7) is 1.82. The SMILES string of the molecule is Cc1cn(N=Cc2cccc(NS(=O)(=O)c3ccccc3)c2)c(N)n1. The van der Waals surface area contributed by atoms with E-state index >= 15 is 0 Å². The maximum atomic E-state index is 12.4. The number of nitrogen functional groups attached to an aromatic ring is 1. The molecule has 2 aromatic carbocycles. The van der Waals surface area contributed by atoms with Crippen LogP contribution in [0.15, 0.2) is 70.8 Å². The molecule has 3 rings (SSSR count). The molecule has 0 amide bonds. The Labute approximate surface area is 145 Å². The van der Waals surface area contributed by atoms with Crippen LogP contribution in [-0.2, 0) is 10.0 Å². The number of nitrogens with two attached hydrogens (primary N) is 1. The molecule has 0 aliphatic carbocycles. The second-order valence-electron chi connectivity index (χ2n) is 5.37. The smallest absolute Gasteiger partial charge is 0.261 e. The average molecular weight is 355 g/mol. The van der Waals surface area contributed by atoms with Gasteiger partial charge in [-0.15, -0.1) is 0 Å². The maximum absolute atomic E-state index is 12.4. The summed E-state index contributed by atoms with van der Waals surface area (Å²) in [5.41, 5.74) is 7.66. The summed E-state index contributed by atoms with van der Waals surface area (Å²) >= 11 is 0. The van der Waals surface area contributed by atoms with E-state index in [-0.39, 0.29) is 10.8 Å². The highest BCUT2D eigenvalue weighted by atomic mass is 32.2. The predicted molar refractivity (Wildman–Crippen MR) is 98.1 cm³/mol. The van der Waals surface area contributed by atoms with Crippen molar-refractivity contribution in [3.05, 3.63) is 72.1 Å². The van der Waals surface area contributed by atoms with E-state index in [1.165, 1.54) is 16.8 Å². The summed E-state index contributed by atoms with van der Waals surface area (Å²) < 4.78 is 28.7. The van der Waals surface area contributed by atoms with Crippen LogP contribution in [0.2, 0.25) is 0 Å². The summed E-state index contributed by atoms with van der Waals surface area (Å²) in [6.07, 6.45) is 3.28. The molecule has 0 bridgehead atoms. The zero-order valence-corrected chi connectivity index (χ0v) is 14.3. The zero-order chi connectivity index (χ0) is 17.9. The first kappa shape index (κ1) is 16.7. The van der Waals surface area contributed by atoms with E-state index in [4.69, 9.17) is 5.73 Å². The number of nitrogens with zero attached hydrogens (tertiary/aromatic N) is 3. The molecule has 3 aromatic rings. The summed E-state index contributed by atoms with van der Waals surface area (Å²) in [7, 11) is -3.63. The normalized spacial score (nSPS) is 11.7. The van der Waals surface area contributed by atoms with Crippen LogP contribution in [0.4, 0.5) is 11.6 Å². The number of aryl methyl sites for hydroxylation is 1. The minimum atomic E-state index is -3.63. The Kier molecular flexibility index (Phi) is 4.53. The highest BCUT2D eigenvalue weighted by molar-refractivity contribution is 7.92. The van der Waals surface area contributed by atoms with Gasteiger partial charge in [0.05, 0.1) is 23.0 Å². The van der Waals surface area contributed by atoms with E-state index in [1.807, 2.05) is 13.0 Å². The standard InChI is InChI=1S/C17H17N5O2S/c1-13-12-22(17(18)20-13)19-11-14-6-5-7-15(10-14)21-25(23,24)16-8-3-2-4-9-16/h2-12,21H,1H3,(H2,18,20). The largest absolute Gasteiger partial charge is 0.368 e. The lowest BCUT2D eigenvalue weighted by molar-refractivity contribution is 0.601. The molecule has 0 saturated carbocycles. The van der Waals surface area contributed by atoms with Crippen molar-refractivity contribution in [1.82, 2.24) is 9.66 Å². The number of hydrogen-bond donors (Lipinski definition) is 2. The zero-order valence-electron chi connectivity index (χ0n) is 13.5. The van der Waals surface area contributed by atoms with Crippen molar-refractivity contribution in [1.29, 1.82) is 0 Å². The summed E-state index contributed by atoms with van der Waals surface area (Å²) in [5, 5.41) is 4.22. The van der Waals surface area contributed by atoms with E-state index in [2.05, 4.69) is 14.8 Å². The van der Waals surface area contributed by atoms with Gasteiger partial charge in [-0.1, -0.05) is 30.3 Å². The Hall–Kier alpha value is -3.13. The Balaban J connectivity index is 1.81. The number of benzene rings is 2. The Morgan fingerprint density at radius 2 is 1.92 bits per heavy atom. The van der Waals surface area contributed by atoms with Gasteiger partial charge < -0.3 is 5.73 Å². The minimum Gasteiger partial charge on any atom is -0.368 e. The van der Waals surface area contributed by atoms with Gasteiger partial charge in [-0.25, -0.2) is 18.1 Å². The van der Waals surface area contributed by atoms with Gasteiger partial charge >= 0.3 is 0 Å². The number of rotatable bonds is 5. The van der Waals surface area contributed by atoms with Crippen molar-refractivity contribution >= 4 is 27.9 Å². The molecule has 7 nitrogen and oxygen atoms in total. The van der Waals surface area contributed by atoms with Crippen LogP contribution in [0.1, 0.15) is 11.3 Å². The predicted octanol–water partition coefficient (Wildman–Crippen LogP) is 2.46. The molecule has 1 heterocycles. The van der Waals surface area contributed by atoms with Crippen LogP contribution < -0.4 is 10.5 Å². The molecule has 0 saturated heterocycles. The summed E-state index contributed by atoms with van der Waals surface area (Å²) in [4.78, 5) is 4.26.